The number of fused-ring (bicyclic) bond motifs is 2. The Bertz CT molecular complexity index is 1610. The average Bonchev–Trinajstić information content (AvgIpc) is 3.47. The van der Waals surface area contributed by atoms with Crippen molar-refractivity contribution in [2.45, 2.75) is 125 Å². The number of amides is 3. The molecule has 2 aliphatic heterocycles. The third kappa shape index (κ3) is 8.93. The van der Waals surface area contributed by atoms with Gasteiger partial charge in [0.2, 0.25) is 17.7 Å². The van der Waals surface area contributed by atoms with Gasteiger partial charge in [-0.2, -0.15) is 0 Å². The molecule has 0 radical (unpaired) electrons. The Morgan fingerprint density at radius 3 is 1.70 bits per heavy atom. The Kier molecular flexibility index (Phi) is 12.7. The maximum absolute atomic E-state index is 13.7. The molecule has 50 heavy (non-hydrogen) atoms. The van der Waals surface area contributed by atoms with Gasteiger partial charge in [0.25, 0.3) is 0 Å². The summed E-state index contributed by atoms with van der Waals surface area (Å²) in [6.45, 7) is 12.9. The average molecular weight is 679 g/mol. The van der Waals surface area contributed by atoms with Gasteiger partial charge < -0.3 is 5.11 Å². The van der Waals surface area contributed by atoms with Crippen molar-refractivity contribution >= 4 is 29.1 Å². The molecule has 3 amide bonds. The molecule has 5 rings (SSSR count). The predicted octanol–water partition coefficient (Wildman–Crippen LogP) is 10.1. The summed E-state index contributed by atoms with van der Waals surface area (Å²) in [6.07, 6.45) is 23.3. The smallest absolute Gasteiger partial charge is 0.238 e. The molecule has 268 valence electrons. The number of carbonyl (C=O) groups excluding carboxylic acids is 3. The zero-order valence-electron chi connectivity index (χ0n) is 31.2. The van der Waals surface area contributed by atoms with Crippen LogP contribution in [0.2, 0.25) is 0 Å². The van der Waals surface area contributed by atoms with E-state index in [1.165, 1.54) is 43.2 Å². The van der Waals surface area contributed by atoms with Crippen LogP contribution in [0.3, 0.4) is 0 Å². The molecule has 2 heterocycles. The lowest BCUT2D eigenvalue weighted by atomic mass is 9.80. The first-order valence-corrected chi connectivity index (χ1v) is 18.9. The van der Waals surface area contributed by atoms with E-state index in [4.69, 9.17) is 0 Å². The number of aliphatic hydroxyl groups is 1. The highest BCUT2D eigenvalue weighted by Gasteiger charge is 2.50. The largest absolute Gasteiger partial charge is 0.373 e. The summed E-state index contributed by atoms with van der Waals surface area (Å²) in [5, 5.41) is 11.3. The van der Waals surface area contributed by atoms with Crippen LogP contribution in [-0.2, 0) is 14.4 Å². The van der Waals surface area contributed by atoms with E-state index >= 15 is 0 Å². The van der Waals surface area contributed by atoms with Crippen LogP contribution in [0.4, 0.5) is 11.4 Å². The Morgan fingerprint density at radius 2 is 1.14 bits per heavy atom. The van der Waals surface area contributed by atoms with Crippen molar-refractivity contribution in [1.82, 2.24) is 0 Å². The third-order valence-corrected chi connectivity index (χ3v) is 11.1. The maximum Gasteiger partial charge on any atom is 0.238 e. The molecule has 2 fully saturated rings. The molecule has 4 aliphatic rings. The summed E-state index contributed by atoms with van der Waals surface area (Å²) in [5.41, 5.74) is 9.18. The first kappa shape index (κ1) is 37.5. The number of nitrogens with zero attached hydrogens (tertiary/aromatic N) is 2. The summed E-state index contributed by atoms with van der Waals surface area (Å²) in [4.78, 5) is 43.6. The lowest BCUT2D eigenvalue weighted by Gasteiger charge is -2.25. The minimum atomic E-state index is -0.896. The van der Waals surface area contributed by atoms with Gasteiger partial charge in [-0.3, -0.25) is 24.2 Å². The van der Waals surface area contributed by atoms with E-state index in [1.54, 1.807) is 24.3 Å². The summed E-state index contributed by atoms with van der Waals surface area (Å²) in [7, 11) is 0. The fourth-order valence-corrected chi connectivity index (χ4v) is 8.12. The van der Waals surface area contributed by atoms with Crippen LogP contribution in [0.5, 0.6) is 0 Å². The van der Waals surface area contributed by atoms with Gasteiger partial charge in [0.05, 0.1) is 17.5 Å². The highest BCUT2D eigenvalue weighted by molar-refractivity contribution is 6.22. The molecule has 0 saturated carbocycles. The molecule has 1 aromatic rings. The molecule has 6 heteroatoms. The summed E-state index contributed by atoms with van der Waals surface area (Å²) in [6, 6.07) is 7.03. The molecule has 0 bridgehead atoms. The molecular weight excluding hydrogens is 620 g/mol. The molecule has 5 atom stereocenters. The van der Waals surface area contributed by atoms with Gasteiger partial charge >= 0.3 is 0 Å². The molecule has 6 nitrogen and oxygen atoms in total. The molecule has 1 N–H and O–H groups in total. The van der Waals surface area contributed by atoms with Crippen LogP contribution in [0.1, 0.15) is 119 Å². The fraction of sp³-hybridized carbons (Fsp3) is 0.523. The minimum absolute atomic E-state index is 0.0508. The van der Waals surface area contributed by atoms with Crippen molar-refractivity contribution in [3.8, 4) is 0 Å². The highest BCUT2D eigenvalue weighted by atomic mass is 16.3. The second-order valence-corrected chi connectivity index (χ2v) is 15.6. The van der Waals surface area contributed by atoms with E-state index < -0.39 is 6.23 Å². The van der Waals surface area contributed by atoms with E-state index in [0.29, 0.717) is 37.1 Å². The number of hydrogen-bond acceptors (Lipinski definition) is 4. The van der Waals surface area contributed by atoms with Crippen molar-refractivity contribution in [2.75, 3.05) is 9.80 Å². The fourth-order valence-electron chi connectivity index (χ4n) is 8.12. The summed E-state index contributed by atoms with van der Waals surface area (Å²) >= 11 is 0. The van der Waals surface area contributed by atoms with E-state index in [0.717, 1.165) is 51.4 Å². The van der Waals surface area contributed by atoms with Crippen molar-refractivity contribution in [3.63, 3.8) is 0 Å². The quantitative estimate of drug-likeness (QED) is 0.157. The van der Waals surface area contributed by atoms with Gasteiger partial charge in [-0.15, -0.1) is 0 Å². The van der Waals surface area contributed by atoms with Gasteiger partial charge in [-0.1, -0.05) is 69.9 Å². The number of allylic oxidation sites excluding steroid dienone is 12. The first-order chi connectivity index (χ1) is 23.9. The second kappa shape index (κ2) is 17.0. The Morgan fingerprint density at radius 1 is 0.640 bits per heavy atom. The zero-order valence-corrected chi connectivity index (χ0v) is 31.2. The van der Waals surface area contributed by atoms with E-state index in [1.807, 2.05) is 0 Å². The summed E-state index contributed by atoms with van der Waals surface area (Å²) < 4.78 is 0. The van der Waals surface area contributed by atoms with Crippen LogP contribution >= 0.6 is 0 Å². The zero-order chi connectivity index (χ0) is 35.9. The van der Waals surface area contributed by atoms with Crippen molar-refractivity contribution < 1.29 is 19.5 Å². The van der Waals surface area contributed by atoms with Gasteiger partial charge in [0.15, 0.2) is 0 Å². The normalized spacial score (nSPS) is 25.3. The predicted molar refractivity (Wildman–Crippen MR) is 204 cm³/mol. The third-order valence-electron chi connectivity index (χ3n) is 11.1. The summed E-state index contributed by atoms with van der Waals surface area (Å²) in [5.74, 6) is -1.34. The van der Waals surface area contributed by atoms with Gasteiger partial charge in [0, 0.05) is 17.5 Å². The molecule has 2 saturated heterocycles. The highest BCUT2D eigenvalue weighted by Crippen LogP contribution is 2.44. The maximum atomic E-state index is 13.7. The van der Waals surface area contributed by atoms with Gasteiger partial charge in [0.1, 0.15) is 6.23 Å². The molecular formula is C44H58N2O4. The molecule has 0 spiro atoms. The first-order valence-electron chi connectivity index (χ1n) is 18.9. The monoisotopic (exact) mass is 678 g/mol. The number of aliphatic hydroxyl groups excluding tert-OH is 1. The lowest BCUT2D eigenvalue weighted by molar-refractivity contribution is -0.123. The van der Waals surface area contributed by atoms with Gasteiger partial charge in [-0.05, 0) is 143 Å². The van der Waals surface area contributed by atoms with Crippen LogP contribution < -0.4 is 9.80 Å². The number of hydrogen-bond donors (Lipinski definition) is 1. The van der Waals surface area contributed by atoms with E-state index in [-0.39, 0.29) is 41.4 Å². The van der Waals surface area contributed by atoms with Gasteiger partial charge in [-0.25, -0.2) is 0 Å². The van der Waals surface area contributed by atoms with E-state index in [9.17, 15) is 19.5 Å². The number of anilines is 2. The van der Waals surface area contributed by atoms with Crippen molar-refractivity contribution in [1.29, 1.82) is 0 Å². The number of rotatable bonds is 14. The standard InChI is InChI=1S/C44H58N2O4/c1-29(2)11-7-13-31(5)15-9-17-33-19-25-37-39(27-33)43(49)45(41(37)47)35-21-23-36(24-22-35)46-42(48)38-26-20-34(28-40(38)44(46)50)18-10-16-32(6)14-8-12-30(3)4/h11-12,15-16,19-24,37-41,47H,7-10,13-14,17-18,25-28H2,1-6H3/b31-15+,32-16+. The molecule has 1 aromatic carbocycles. The Labute approximate surface area is 300 Å². The molecule has 0 aromatic heterocycles. The van der Waals surface area contributed by atoms with Crippen LogP contribution in [0.15, 0.2) is 94.2 Å². The van der Waals surface area contributed by atoms with Crippen LogP contribution in [-0.4, -0.2) is 29.1 Å². The van der Waals surface area contributed by atoms with Crippen molar-refractivity contribution in [2.24, 2.45) is 23.7 Å². The van der Waals surface area contributed by atoms with E-state index in [2.05, 4.69) is 78.0 Å². The van der Waals surface area contributed by atoms with Crippen molar-refractivity contribution in [3.05, 3.63) is 94.2 Å². The second-order valence-electron chi connectivity index (χ2n) is 15.6. The Balaban J connectivity index is 1.15. The molecule has 5 unspecified atom stereocenters. The SMILES string of the molecule is CC(C)=CCC/C(C)=C/CCC1=CCC2C(=O)N(c3ccc(N4C(=O)C5CC(CC/C=C(\C)CCC=C(C)C)=CCC5C4O)cc3)C(=O)C2C1. The minimum Gasteiger partial charge on any atom is -0.373 e. The number of imide groups is 1. The van der Waals surface area contributed by atoms with Crippen LogP contribution in [0.25, 0.3) is 0 Å². The number of carbonyl (C=O) groups is 3. The topological polar surface area (TPSA) is 77.9 Å². The lowest BCUT2D eigenvalue weighted by Crippen LogP contribution is -2.35. The van der Waals surface area contributed by atoms with Crippen LogP contribution in [0, 0.1) is 23.7 Å². The Hall–Kier alpha value is -3.77. The number of benzene rings is 1. The molecule has 2 aliphatic carbocycles.